The third-order valence-corrected chi connectivity index (χ3v) is 25.1. The number of pyridine rings is 8. The fraction of sp³-hybridized carbons (Fsp3) is 0.583. The molecule has 0 radical (unpaired) electrons. The largest absolute Gasteiger partial charge is 0.264 e. The summed E-state index contributed by atoms with van der Waals surface area (Å²) in [6, 6.07) is 25.9. The highest BCUT2D eigenvalue weighted by Crippen LogP contribution is 2.40. The monoisotopic (exact) mass is 1400 g/mol. The van der Waals surface area contributed by atoms with Crippen LogP contribution in [0.2, 0.25) is 0 Å². The van der Waals surface area contributed by atoms with Gasteiger partial charge < -0.3 is 0 Å². The Labute approximate surface area is 632 Å². The molecule has 0 aliphatic heterocycles. The maximum atomic E-state index is 4.52. The SMILES string of the molecule is CC(C)C1CCCc2cccnc21.CC(C)C1CCCc2ccncc21.CC(C)C1CCCc2cnccc21.CC(C)C1CCCc2ncccc21.CC(C)C1CCc2cccnc2C1.CC(C)C1CCc2ccncc2C1.CC(C)C1CCc2cnccc2C1.CC(C)C1CCc2ncccc2C1. The quantitative estimate of drug-likeness (QED) is 0.148. The molecule has 8 nitrogen and oxygen atoms in total. The zero-order chi connectivity index (χ0) is 74.1. The molecule has 16 rings (SSSR count). The molecule has 8 atom stereocenters. The minimum absolute atomic E-state index is 0.699. The fourth-order valence-electron chi connectivity index (χ4n) is 18.0. The minimum atomic E-state index is 0.699. The summed E-state index contributed by atoms with van der Waals surface area (Å²) in [5.74, 6) is 12.7. The molecule has 0 fully saturated rings. The Hall–Kier alpha value is -6.80. The first kappa shape index (κ1) is 81.3. The molecule has 8 unspecified atom stereocenters. The Balaban J connectivity index is 0.000000138. The predicted molar refractivity (Wildman–Crippen MR) is 437 cm³/mol. The Morgan fingerprint density at radius 1 is 0.240 bits per heavy atom. The van der Waals surface area contributed by atoms with Gasteiger partial charge in [0, 0.05) is 103 Å². The zero-order valence-electron chi connectivity index (χ0n) is 67.6. The van der Waals surface area contributed by atoms with Crippen molar-refractivity contribution in [2.75, 3.05) is 0 Å². The molecule has 8 aliphatic carbocycles. The zero-order valence-corrected chi connectivity index (χ0v) is 67.6. The second-order valence-corrected chi connectivity index (χ2v) is 34.7. The van der Waals surface area contributed by atoms with E-state index in [9.17, 15) is 0 Å². The van der Waals surface area contributed by atoms with Gasteiger partial charge in [-0.25, -0.2) is 0 Å². The summed E-state index contributed by atoms with van der Waals surface area (Å²) in [5, 5.41) is 0. The first-order valence-electron chi connectivity index (χ1n) is 41.7. The van der Waals surface area contributed by atoms with Crippen LogP contribution in [-0.2, 0) is 77.0 Å². The van der Waals surface area contributed by atoms with Gasteiger partial charge in [-0.3, -0.25) is 39.9 Å². The molecule has 0 saturated heterocycles. The molecule has 8 heteroatoms. The number of rotatable bonds is 8. The predicted octanol–water partition coefficient (Wildman–Crippen LogP) is 24.0. The van der Waals surface area contributed by atoms with Crippen molar-refractivity contribution in [3.05, 3.63) is 237 Å². The van der Waals surface area contributed by atoms with Gasteiger partial charge in [0.15, 0.2) is 0 Å². The van der Waals surface area contributed by atoms with Crippen LogP contribution in [-0.4, -0.2) is 39.9 Å². The van der Waals surface area contributed by atoms with Crippen molar-refractivity contribution in [3.63, 3.8) is 0 Å². The number of fused-ring (bicyclic) bond motifs is 8. The van der Waals surface area contributed by atoms with Gasteiger partial charge in [-0.2, -0.15) is 0 Å². The smallest absolute Gasteiger partial charge is 0.0468 e. The van der Waals surface area contributed by atoms with Crippen LogP contribution in [0.4, 0.5) is 0 Å². The van der Waals surface area contributed by atoms with Gasteiger partial charge in [-0.05, 0) is 358 Å². The first-order chi connectivity index (χ1) is 50.2. The molecule has 0 amide bonds. The molecule has 0 saturated carbocycles. The summed E-state index contributed by atoms with van der Waals surface area (Å²) in [4.78, 5) is 34.6. The molecule has 8 aromatic rings. The summed E-state index contributed by atoms with van der Waals surface area (Å²) in [7, 11) is 0. The Kier molecular flexibility index (Phi) is 32.3. The molecule has 560 valence electrons. The summed E-state index contributed by atoms with van der Waals surface area (Å²) < 4.78 is 0. The third-order valence-electron chi connectivity index (χ3n) is 25.1. The highest BCUT2D eigenvalue weighted by molar-refractivity contribution is 5.33. The van der Waals surface area contributed by atoms with Crippen LogP contribution in [0.25, 0.3) is 0 Å². The van der Waals surface area contributed by atoms with Crippen LogP contribution in [0, 0.1) is 71.0 Å². The summed E-state index contributed by atoms with van der Waals surface area (Å²) >= 11 is 0. The van der Waals surface area contributed by atoms with Crippen molar-refractivity contribution in [1.82, 2.24) is 39.9 Å². The van der Waals surface area contributed by atoms with Crippen LogP contribution >= 0.6 is 0 Å². The lowest BCUT2D eigenvalue weighted by Crippen LogP contribution is -2.19. The molecular weight excluding hydrogens is 1270 g/mol. The standard InChI is InChI=1S/8C12H17N/c1-9(2)10-5-3-7-12-11(10)6-4-8-13-12;1-9(2)11-7-3-5-10-6-4-8-13-12(10)11;1-9(2)10-3-4-12-8-13-6-5-11(12)7-10;1-9(2)11-4-3-10-5-6-13-8-12(10)7-11;1-9(2)10-5-6-12-11(8-10)4-3-7-13-12;1-9(2)11-6-5-10-4-3-7-13-12(10)8-11;1-9(2)11-5-3-4-10-8-13-7-6-12(10)11;1-9(2)11-5-3-4-10-6-7-13-8-12(10)11/h4,6,8-10H,3,5,7H2,1-2H3;4,6,8-9,11H,3,5,7H2,1-2H3;5-6,8-10H,3-4,7H2,1-2H3;5-6,8-9,11H,3-4,7H2,1-2H3;3-4,7,9-10H,5-6,8H2,1-2H3;3-4,7,9,11H,5-6,8H2,1-2H3;2*6-9,11H,3-5H2,1-2H3. The Morgan fingerprint density at radius 3 is 1.26 bits per heavy atom. The molecule has 8 heterocycles. The second-order valence-electron chi connectivity index (χ2n) is 34.7. The molecule has 8 aliphatic rings. The van der Waals surface area contributed by atoms with Crippen LogP contribution in [0.3, 0.4) is 0 Å². The molecule has 0 bridgehead atoms. The van der Waals surface area contributed by atoms with Gasteiger partial charge in [0.2, 0.25) is 0 Å². The lowest BCUT2D eigenvalue weighted by atomic mass is 9.78. The average molecular weight is 1400 g/mol. The van der Waals surface area contributed by atoms with Gasteiger partial charge in [0.05, 0.1) is 0 Å². The molecular formula is C96H136N8. The third kappa shape index (κ3) is 23.6. The van der Waals surface area contributed by atoms with Crippen molar-refractivity contribution in [2.24, 2.45) is 71.0 Å². The van der Waals surface area contributed by atoms with Crippen molar-refractivity contribution in [2.45, 2.75) is 289 Å². The van der Waals surface area contributed by atoms with Crippen LogP contribution < -0.4 is 0 Å². The molecule has 0 aromatic carbocycles. The van der Waals surface area contributed by atoms with E-state index in [0.29, 0.717) is 5.92 Å². The average Bonchev–Trinajstić information content (AvgIpc) is 0.837. The van der Waals surface area contributed by atoms with Crippen molar-refractivity contribution in [3.8, 4) is 0 Å². The van der Waals surface area contributed by atoms with E-state index in [1.165, 1.54) is 238 Å². The van der Waals surface area contributed by atoms with Gasteiger partial charge in [0.25, 0.3) is 0 Å². The van der Waals surface area contributed by atoms with E-state index in [4.69, 9.17) is 0 Å². The topological polar surface area (TPSA) is 103 Å². The minimum Gasteiger partial charge on any atom is -0.264 e. The van der Waals surface area contributed by atoms with E-state index in [0.717, 1.165) is 88.8 Å². The maximum absolute atomic E-state index is 4.52. The van der Waals surface area contributed by atoms with Gasteiger partial charge in [-0.15, -0.1) is 0 Å². The molecule has 0 spiro atoms. The van der Waals surface area contributed by atoms with Crippen LogP contribution in [0.5, 0.6) is 0 Å². The summed E-state index contributed by atoms with van der Waals surface area (Å²) in [6.45, 7) is 37.1. The van der Waals surface area contributed by atoms with Crippen LogP contribution in [0.15, 0.2) is 147 Å². The fourth-order valence-corrected chi connectivity index (χ4v) is 18.0. The van der Waals surface area contributed by atoms with E-state index >= 15 is 0 Å². The molecule has 104 heavy (non-hydrogen) atoms. The maximum Gasteiger partial charge on any atom is 0.0468 e. The van der Waals surface area contributed by atoms with Crippen molar-refractivity contribution >= 4 is 0 Å². The Bertz CT molecular complexity index is 3310. The molecule has 8 aromatic heterocycles. The highest BCUT2D eigenvalue weighted by atomic mass is 14.7. The van der Waals surface area contributed by atoms with Crippen LogP contribution in [0.1, 0.15) is 301 Å². The van der Waals surface area contributed by atoms with E-state index in [-0.39, 0.29) is 0 Å². The lowest BCUT2D eigenvalue weighted by Gasteiger charge is -2.27. The summed E-state index contributed by atoms with van der Waals surface area (Å²) in [6.07, 6.45) is 54.3. The number of hydrogen-bond acceptors (Lipinski definition) is 8. The van der Waals surface area contributed by atoms with Crippen molar-refractivity contribution in [1.29, 1.82) is 0 Å². The number of aryl methyl sites for hydroxylation is 8. The van der Waals surface area contributed by atoms with E-state index in [1.54, 1.807) is 5.56 Å². The Morgan fingerprint density at radius 2 is 0.644 bits per heavy atom. The van der Waals surface area contributed by atoms with Gasteiger partial charge in [-0.1, -0.05) is 135 Å². The number of hydrogen-bond donors (Lipinski definition) is 0. The second kappa shape index (κ2) is 41.4. The van der Waals surface area contributed by atoms with E-state index in [1.807, 2.05) is 68.2 Å². The first-order valence-corrected chi connectivity index (χ1v) is 41.7. The van der Waals surface area contributed by atoms with E-state index in [2.05, 4.69) is 230 Å². The number of aromatic nitrogens is 8. The number of nitrogens with zero attached hydrogens (tertiary/aromatic N) is 8. The lowest BCUT2D eigenvalue weighted by molar-refractivity contribution is 0.339. The van der Waals surface area contributed by atoms with E-state index < -0.39 is 0 Å². The summed E-state index contributed by atoms with van der Waals surface area (Å²) in [5.41, 5.74) is 23.4. The molecule has 0 N–H and O–H groups in total. The van der Waals surface area contributed by atoms with Gasteiger partial charge >= 0.3 is 0 Å². The highest BCUT2D eigenvalue weighted by Gasteiger charge is 2.29. The van der Waals surface area contributed by atoms with Gasteiger partial charge in [0.1, 0.15) is 0 Å². The van der Waals surface area contributed by atoms with Crippen molar-refractivity contribution < 1.29 is 0 Å². The normalized spacial score (nSPS) is 21.6.